The highest BCUT2D eigenvalue weighted by Crippen LogP contribution is 2.36. The molecular formula is C26H28O4S. The summed E-state index contributed by atoms with van der Waals surface area (Å²) in [6.45, 7) is 2.08. The Bertz CT molecular complexity index is 1050. The van der Waals surface area contributed by atoms with Gasteiger partial charge in [-0.3, -0.25) is 0 Å². The smallest absolute Gasteiger partial charge is 0.338 e. The number of ether oxygens (including phenoxy) is 1. The van der Waals surface area contributed by atoms with E-state index in [0.717, 1.165) is 19.3 Å². The largest absolute Gasteiger partial charge is 0.457 e. The Morgan fingerprint density at radius 1 is 0.806 bits per heavy atom. The van der Waals surface area contributed by atoms with Crippen LogP contribution in [0.1, 0.15) is 53.8 Å². The van der Waals surface area contributed by atoms with Gasteiger partial charge in [-0.1, -0.05) is 86.5 Å². The summed E-state index contributed by atoms with van der Waals surface area (Å²) in [5.41, 5.74) is 1.03. The van der Waals surface area contributed by atoms with Gasteiger partial charge in [0.15, 0.2) is 9.84 Å². The Hall–Kier alpha value is -2.92. The topological polar surface area (TPSA) is 60.4 Å². The maximum Gasteiger partial charge on any atom is 0.338 e. The third-order valence-corrected chi connectivity index (χ3v) is 7.41. The van der Waals surface area contributed by atoms with Gasteiger partial charge in [0.1, 0.15) is 11.4 Å². The van der Waals surface area contributed by atoms with Crippen LogP contribution in [-0.4, -0.2) is 20.5 Å². The highest BCUT2D eigenvalue weighted by atomic mass is 32.2. The fourth-order valence-corrected chi connectivity index (χ4v) is 5.58. The van der Waals surface area contributed by atoms with Crippen LogP contribution >= 0.6 is 0 Å². The summed E-state index contributed by atoms with van der Waals surface area (Å²) in [4.78, 5) is 13.1. The van der Waals surface area contributed by atoms with Crippen molar-refractivity contribution in [3.63, 3.8) is 0 Å². The van der Waals surface area contributed by atoms with Gasteiger partial charge in [0, 0.05) is 0 Å². The van der Waals surface area contributed by atoms with E-state index in [-0.39, 0.29) is 4.90 Å². The maximum absolute atomic E-state index is 13.7. The number of esters is 1. The number of benzene rings is 3. The highest BCUT2D eigenvalue weighted by Gasteiger charge is 2.38. The molecule has 162 valence electrons. The zero-order chi connectivity index (χ0) is 22.1. The lowest BCUT2D eigenvalue weighted by molar-refractivity contribution is 0.0264. The molecule has 0 N–H and O–H groups in total. The molecule has 3 rings (SSSR count). The number of carbonyl (C=O) groups is 1. The number of hydrogen-bond acceptors (Lipinski definition) is 4. The maximum atomic E-state index is 13.7. The Kier molecular flexibility index (Phi) is 8.01. The van der Waals surface area contributed by atoms with Crippen molar-refractivity contribution in [3.05, 3.63) is 102 Å². The van der Waals surface area contributed by atoms with E-state index in [1.165, 1.54) is 0 Å². The van der Waals surface area contributed by atoms with Crippen LogP contribution < -0.4 is 0 Å². The summed E-state index contributed by atoms with van der Waals surface area (Å²) in [6, 6.07) is 26.1. The zero-order valence-corrected chi connectivity index (χ0v) is 18.5. The molecule has 0 spiro atoms. The van der Waals surface area contributed by atoms with E-state index in [0.29, 0.717) is 17.5 Å². The lowest BCUT2D eigenvalue weighted by Gasteiger charge is -2.28. The Labute approximate surface area is 184 Å². The number of sulfone groups is 1. The molecule has 2 unspecified atom stereocenters. The van der Waals surface area contributed by atoms with E-state index in [4.69, 9.17) is 4.74 Å². The molecular weight excluding hydrogens is 408 g/mol. The van der Waals surface area contributed by atoms with Gasteiger partial charge in [-0.05, 0) is 42.7 Å². The van der Waals surface area contributed by atoms with Gasteiger partial charge in [0.2, 0.25) is 0 Å². The van der Waals surface area contributed by atoms with Crippen molar-refractivity contribution in [3.8, 4) is 0 Å². The van der Waals surface area contributed by atoms with Crippen molar-refractivity contribution in [1.82, 2.24) is 0 Å². The van der Waals surface area contributed by atoms with Crippen LogP contribution in [0.25, 0.3) is 0 Å². The second kappa shape index (κ2) is 10.9. The van der Waals surface area contributed by atoms with Gasteiger partial charge in [-0.2, -0.15) is 0 Å². The monoisotopic (exact) mass is 436 g/mol. The van der Waals surface area contributed by atoms with Gasteiger partial charge in [0.05, 0.1) is 10.5 Å². The first-order valence-electron chi connectivity index (χ1n) is 10.6. The lowest BCUT2D eigenvalue weighted by atomic mass is 10.0. The molecule has 5 heteroatoms. The van der Waals surface area contributed by atoms with Crippen molar-refractivity contribution in [2.75, 3.05) is 0 Å². The summed E-state index contributed by atoms with van der Waals surface area (Å²) in [7, 11) is -3.80. The molecule has 3 aromatic rings. The summed E-state index contributed by atoms with van der Waals surface area (Å²) < 4.78 is 33.4. The van der Waals surface area contributed by atoms with Crippen LogP contribution in [0.5, 0.6) is 0 Å². The van der Waals surface area contributed by atoms with E-state index in [2.05, 4.69) is 6.92 Å². The van der Waals surface area contributed by atoms with Crippen molar-refractivity contribution in [2.24, 2.45) is 0 Å². The Morgan fingerprint density at radius 2 is 1.35 bits per heavy atom. The second-order valence-corrected chi connectivity index (χ2v) is 9.56. The quantitative estimate of drug-likeness (QED) is 0.288. The minimum atomic E-state index is -3.80. The van der Waals surface area contributed by atoms with Crippen LogP contribution in [-0.2, 0) is 14.6 Å². The average molecular weight is 437 g/mol. The van der Waals surface area contributed by atoms with E-state index in [1.807, 2.05) is 24.3 Å². The molecule has 3 aromatic carbocycles. The van der Waals surface area contributed by atoms with E-state index in [9.17, 15) is 13.2 Å². The van der Waals surface area contributed by atoms with Gasteiger partial charge in [-0.25, -0.2) is 13.2 Å². The van der Waals surface area contributed by atoms with Crippen LogP contribution in [0.2, 0.25) is 0 Å². The van der Waals surface area contributed by atoms with E-state index in [1.54, 1.807) is 66.7 Å². The normalized spacial score (nSPS) is 13.3. The summed E-state index contributed by atoms with van der Waals surface area (Å²) in [5.74, 6) is -0.508. The molecule has 0 heterocycles. The second-order valence-electron chi connectivity index (χ2n) is 7.49. The molecule has 0 bridgehead atoms. The minimum absolute atomic E-state index is 0.222. The number of carbonyl (C=O) groups excluding carboxylic acids is 1. The first kappa shape index (κ1) is 22.8. The lowest BCUT2D eigenvalue weighted by Crippen LogP contribution is -2.31. The molecule has 2 atom stereocenters. The number of rotatable bonds is 10. The predicted octanol–water partition coefficient (Wildman–Crippen LogP) is 6.01. The molecule has 0 saturated carbocycles. The molecule has 0 saturated heterocycles. The summed E-state index contributed by atoms with van der Waals surface area (Å²) in [6.07, 6.45) is 2.37. The SMILES string of the molecule is CCCCCC(OC(=O)c1ccccc1)C(c1ccccc1)S(=O)(=O)c1ccccc1. The standard InChI is InChI=1S/C26H28O4S/c1-2-3-7-20-24(30-26(27)22-16-10-5-11-17-22)25(21-14-8-4-9-15-21)31(28,29)23-18-12-6-13-19-23/h4-6,8-19,24-25H,2-3,7,20H2,1H3. The fraction of sp³-hybridized carbons (Fsp3) is 0.269. The molecule has 0 radical (unpaired) electrons. The summed E-state index contributed by atoms with van der Waals surface area (Å²) >= 11 is 0. The van der Waals surface area contributed by atoms with Gasteiger partial charge in [0.25, 0.3) is 0 Å². The van der Waals surface area contributed by atoms with Gasteiger partial charge in [-0.15, -0.1) is 0 Å². The van der Waals surface area contributed by atoms with E-state index >= 15 is 0 Å². The highest BCUT2D eigenvalue weighted by molar-refractivity contribution is 7.91. The fourth-order valence-electron chi connectivity index (χ4n) is 3.64. The Morgan fingerprint density at radius 3 is 1.94 bits per heavy atom. The third kappa shape index (κ3) is 5.82. The molecule has 0 aliphatic heterocycles. The molecule has 4 nitrogen and oxygen atoms in total. The summed E-state index contributed by atoms with van der Waals surface area (Å²) in [5, 5.41) is -0.986. The van der Waals surface area contributed by atoms with Gasteiger partial charge < -0.3 is 4.74 Å². The number of hydrogen-bond donors (Lipinski definition) is 0. The molecule has 0 aromatic heterocycles. The van der Waals surface area contributed by atoms with E-state index < -0.39 is 27.2 Å². The molecule has 0 aliphatic carbocycles. The van der Waals surface area contributed by atoms with Crippen LogP contribution in [0, 0.1) is 0 Å². The van der Waals surface area contributed by atoms with Crippen LogP contribution in [0.4, 0.5) is 0 Å². The first-order chi connectivity index (χ1) is 15.0. The van der Waals surface area contributed by atoms with Crippen LogP contribution in [0.3, 0.4) is 0 Å². The van der Waals surface area contributed by atoms with Crippen molar-refractivity contribution in [2.45, 2.75) is 48.9 Å². The molecule has 0 amide bonds. The van der Waals surface area contributed by atoms with Crippen molar-refractivity contribution >= 4 is 15.8 Å². The first-order valence-corrected chi connectivity index (χ1v) is 12.2. The van der Waals surface area contributed by atoms with Crippen molar-refractivity contribution < 1.29 is 17.9 Å². The Balaban J connectivity index is 2.03. The average Bonchev–Trinajstić information content (AvgIpc) is 2.81. The van der Waals surface area contributed by atoms with Gasteiger partial charge >= 0.3 is 5.97 Å². The van der Waals surface area contributed by atoms with Crippen molar-refractivity contribution in [1.29, 1.82) is 0 Å². The molecule has 0 fully saturated rings. The minimum Gasteiger partial charge on any atom is -0.457 e. The third-order valence-electron chi connectivity index (χ3n) is 5.23. The predicted molar refractivity (Wildman–Crippen MR) is 123 cm³/mol. The molecule has 0 aliphatic rings. The van der Waals surface area contributed by atoms with Crippen LogP contribution in [0.15, 0.2) is 95.9 Å². The zero-order valence-electron chi connectivity index (χ0n) is 17.7. The molecule has 31 heavy (non-hydrogen) atoms. The number of unbranched alkanes of at least 4 members (excludes halogenated alkanes) is 2.